The van der Waals surface area contributed by atoms with Crippen molar-refractivity contribution in [2.75, 3.05) is 4.90 Å². The van der Waals surface area contributed by atoms with Gasteiger partial charge in [-0.2, -0.15) is 0 Å². The highest BCUT2D eigenvalue weighted by Crippen LogP contribution is 2.38. The number of nitrogens with two attached hydrogens (primary N) is 1. The van der Waals surface area contributed by atoms with E-state index in [0.717, 1.165) is 12.8 Å². The second-order valence-electron chi connectivity index (χ2n) is 5.86. The third kappa shape index (κ3) is 2.30. The first-order valence-electron chi connectivity index (χ1n) is 6.94. The molecule has 18 heavy (non-hydrogen) atoms. The lowest BCUT2D eigenvalue weighted by molar-refractivity contribution is 0.271. The van der Waals surface area contributed by atoms with Gasteiger partial charge in [-0.1, -0.05) is 15.9 Å². The Morgan fingerprint density at radius 3 is 2.44 bits per heavy atom. The number of anilines is 1. The molecule has 1 aromatic carbocycles. The van der Waals surface area contributed by atoms with Crippen LogP contribution in [0.2, 0.25) is 0 Å². The lowest BCUT2D eigenvalue weighted by Crippen LogP contribution is -2.55. The Kier molecular flexibility index (Phi) is 3.37. The smallest absolute Gasteiger partial charge is 0.0385 e. The number of piperidine rings is 2. The Morgan fingerprint density at radius 1 is 1.17 bits per heavy atom. The van der Waals surface area contributed by atoms with Crippen LogP contribution in [-0.2, 0) is 0 Å². The summed E-state index contributed by atoms with van der Waals surface area (Å²) >= 11 is 3.62. The molecule has 2 unspecified atom stereocenters. The third-order valence-electron chi connectivity index (χ3n) is 4.34. The Morgan fingerprint density at radius 2 is 1.83 bits per heavy atom. The zero-order chi connectivity index (χ0) is 12.7. The number of hydrogen-bond donors (Lipinski definition) is 1. The monoisotopic (exact) mass is 308 g/mol. The average Bonchev–Trinajstić information content (AvgIpc) is 2.26. The van der Waals surface area contributed by atoms with Crippen molar-refractivity contribution in [2.24, 2.45) is 5.73 Å². The lowest BCUT2D eigenvalue weighted by Gasteiger charge is -2.49. The van der Waals surface area contributed by atoms with Crippen LogP contribution in [0.1, 0.15) is 37.7 Å². The fourth-order valence-electron chi connectivity index (χ4n) is 3.71. The normalized spacial score (nSPS) is 31.5. The standard InChI is InChI=1S/C15H21BrN2/c1-10-5-11(16)7-15(6-10)18-13-3-2-4-14(18)9-12(17)8-13/h5-7,12-14H,2-4,8-9,17H2,1H3. The van der Waals surface area contributed by atoms with E-state index in [2.05, 4.69) is 46.0 Å². The molecule has 0 aliphatic carbocycles. The zero-order valence-electron chi connectivity index (χ0n) is 10.9. The van der Waals surface area contributed by atoms with Crippen molar-refractivity contribution >= 4 is 21.6 Å². The number of aryl methyl sites for hydroxylation is 1. The summed E-state index contributed by atoms with van der Waals surface area (Å²) in [5.74, 6) is 0. The van der Waals surface area contributed by atoms with E-state index in [4.69, 9.17) is 5.73 Å². The van der Waals surface area contributed by atoms with Gasteiger partial charge in [-0.05, 0) is 62.8 Å². The average molecular weight is 309 g/mol. The molecule has 2 heterocycles. The molecule has 0 aromatic heterocycles. The predicted molar refractivity (Wildman–Crippen MR) is 80.0 cm³/mol. The molecule has 2 N–H and O–H groups in total. The van der Waals surface area contributed by atoms with Crippen molar-refractivity contribution in [3.63, 3.8) is 0 Å². The van der Waals surface area contributed by atoms with Gasteiger partial charge >= 0.3 is 0 Å². The second-order valence-corrected chi connectivity index (χ2v) is 6.78. The summed E-state index contributed by atoms with van der Waals surface area (Å²) < 4.78 is 1.19. The van der Waals surface area contributed by atoms with Gasteiger partial charge in [-0.25, -0.2) is 0 Å². The van der Waals surface area contributed by atoms with Crippen LogP contribution in [0.4, 0.5) is 5.69 Å². The molecule has 3 heteroatoms. The summed E-state index contributed by atoms with van der Waals surface area (Å²) in [7, 11) is 0. The number of benzene rings is 1. The predicted octanol–water partition coefficient (Wildman–Crippen LogP) is 3.61. The van der Waals surface area contributed by atoms with Crippen LogP contribution in [-0.4, -0.2) is 18.1 Å². The Hall–Kier alpha value is -0.540. The molecule has 2 aliphatic rings. The molecule has 0 amide bonds. The van der Waals surface area contributed by atoms with Crippen molar-refractivity contribution in [3.8, 4) is 0 Å². The van der Waals surface area contributed by atoms with E-state index in [1.807, 2.05) is 0 Å². The van der Waals surface area contributed by atoms with E-state index in [0.29, 0.717) is 18.1 Å². The minimum Gasteiger partial charge on any atom is -0.365 e. The van der Waals surface area contributed by atoms with Crippen LogP contribution < -0.4 is 10.6 Å². The van der Waals surface area contributed by atoms with Gasteiger partial charge < -0.3 is 10.6 Å². The first-order chi connectivity index (χ1) is 8.63. The quantitative estimate of drug-likeness (QED) is 0.859. The van der Waals surface area contributed by atoms with Gasteiger partial charge in [-0.15, -0.1) is 0 Å². The van der Waals surface area contributed by atoms with Gasteiger partial charge in [0.1, 0.15) is 0 Å². The highest BCUT2D eigenvalue weighted by atomic mass is 79.9. The first-order valence-corrected chi connectivity index (χ1v) is 7.74. The van der Waals surface area contributed by atoms with Crippen molar-refractivity contribution in [3.05, 3.63) is 28.2 Å². The molecule has 0 radical (unpaired) electrons. The zero-order valence-corrected chi connectivity index (χ0v) is 12.5. The van der Waals surface area contributed by atoms with E-state index >= 15 is 0 Å². The van der Waals surface area contributed by atoms with Gasteiger partial charge in [0.05, 0.1) is 0 Å². The molecule has 2 fully saturated rings. The second kappa shape index (κ2) is 4.86. The van der Waals surface area contributed by atoms with Gasteiger partial charge in [0.25, 0.3) is 0 Å². The molecule has 3 rings (SSSR count). The van der Waals surface area contributed by atoms with Crippen molar-refractivity contribution < 1.29 is 0 Å². The highest BCUT2D eigenvalue weighted by Gasteiger charge is 2.37. The van der Waals surface area contributed by atoms with Crippen LogP contribution in [0, 0.1) is 6.92 Å². The molecular weight excluding hydrogens is 288 g/mol. The minimum atomic E-state index is 0.407. The van der Waals surface area contributed by atoms with E-state index in [9.17, 15) is 0 Å². The molecule has 98 valence electrons. The van der Waals surface area contributed by atoms with Gasteiger partial charge in [0.2, 0.25) is 0 Å². The fraction of sp³-hybridized carbons (Fsp3) is 0.600. The van der Waals surface area contributed by atoms with Crippen molar-refractivity contribution in [1.29, 1.82) is 0 Å². The lowest BCUT2D eigenvalue weighted by atomic mass is 9.81. The van der Waals surface area contributed by atoms with E-state index < -0.39 is 0 Å². The van der Waals surface area contributed by atoms with Crippen LogP contribution in [0.25, 0.3) is 0 Å². The molecule has 2 atom stereocenters. The molecule has 2 bridgehead atoms. The molecule has 1 aromatic rings. The fourth-order valence-corrected chi connectivity index (χ4v) is 4.31. The largest absolute Gasteiger partial charge is 0.365 e. The molecule has 0 spiro atoms. The summed E-state index contributed by atoms with van der Waals surface area (Å²) in [6.45, 7) is 2.17. The Labute approximate surface area is 118 Å². The van der Waals surface area contributed by atoms with Crippen LogP contribution in [0.5, 0.6) is 0 Å². The first kappa shape index (κ1) is 12.5. The summed E-state index contributed by atoms with van der Waals surface area (Å²) in [5, 5.41) is 0. The number of fused-ring (bicyclic) bond motifs is 2. The van der Waals surface area contributed by atoms with Crippen LogP contribution >= 0.6 is 15.9 Å². The number of nitrogens with zero attached hydrogens (tertiary/aromatic N) is 1. The van der Waals surface area contributed by atoms with Crippen LogP contribution in [0.3, 0.4) is 0 Å². The summed E-state index contributed by atoms with van der Waals surface area (Å²) in [6, 6.07) is 8.46. The third-order valence-corrected chi connectivity index (χ3v) is 4.79. The molecular formula is C15H21BrN2. The maximum absolute atomic E-state index is 6.19. The van der Waals surface area contributed by atoms with Gasteiger partial charge in [0.15, 0.2) is 0 Å². The van der Waals surface area contributed by atoms with Gasteiger partial charge in [0, 0.05) is 28.3 Å². The number of halogens is 1. The van der Waals surface area contributed by atoms with E-state index in [-0.39, 0.29) is 0 Å². The SMILES string of the molecule is Cc1cc(Br)cc(N2C3CCCC2CC(N)C3)c1. The Balaban J connectivity index is 1.95. The summed E-state index contributed by atoms with van der Waals surface area (Å²) in [5.41, 5.74) is 8.89. The van der Waals surface area contributed by atoms with Crippen molar-refractivity contribution in [1.82, 2.24) is 0 Å². The topological polar surface area (TPSA) is 29.3 Å². The molecule has 0 saturated carbocycles. The Bertz CT molecular complexity index is 412. The maximum Gasteiger partial charge on any atom is 0.0385 e. The van der Waals surface area contributed by atoms with E-state index in [1.54, 1.807) is 0 Å². The maximum atomic E-state index is 6.19. The molecule has 2 nitrogen and oxygen atoms in total. The molecule has 2 saturated heterocycles. The summed E-state index contributed by atoms with van der Waals surface area (Å²) in [4.78, 5) is 2.64. The highest BCUT2D eigenvalue weighted by molar-refractivity contribution is 9.10. The van der Waals surface area contributed by atoms with Gasteiger partial charge in [-0.3, -0.25) is 0 Å². The minimum absolute atomic E-state index is 0.407. The van der Waals surface area contributed by atoms with E-state index in [1.165, 1.54) is 35.0 Å². The number of hydrogen-bond acceptors (Lipinski definition) is 2. The van der Waals surface area contributed by atoms with Crippen LogP contribution in [0.15, 0.2) is 22.7 Å². The summed E-state index contributed by atoms with van der Waals surface area (Å²) in [6.07, 6.45) is 6.28. The van der Waals surface area contributed by atoms with Crippen molar-refractivity contribution in [2.45, 2.75) is 57.2 Å². The number of rotatable bonds is 1. The molecule has 2 aliphatic heterocycles.